The summed E-state index contributed by atoms with van der Waals surface area (Å²) < 4.78 is 1.59. The molecule has 2 aromatic carbocycles. The quantitative estimate of drug-likeness (QED) is 0.675. The molecule has 0 spiro atoms. The van der Waals surface area contributed by atoms with Crippen LogP contribution in [0.15, 0.2) is 54.6 Å². The molecule has 1 aromatic heterocycles. The highest BCUT2D eigenvalue weighted by Gasteiger charge is 2.19. The van der Waals surface area contributed by atoms with Crippen LogP contribution in [-0.2, 0) is 0 Å². The molecule has 0 bridgehead atoms. The molecule has 0 unspecified atom stereocenters. The van der Waals surface area contributed by atoms with Crippen molar-refractivity contribution < 1.29 is 4.79 Å². The number of aryl methyl sites for hydroxylation is 1. The van der Waals surface area contributed by atoms with E-state index in [-0.39, 0.29) is 0 Å². The highest BCUT2D eigenvalue weighted by atomic mass is 35.5. The van der Waals surface area contributed by atoms with Gasteiger partial charge in [-0.15, -0.1) is 0 Å². The number of para-hydroxylation sites is 1. The fourth-order valence-corrected chi connectivity index (χ4v) is 2.56. The molecule has 3 aromatic rings. The maximum atomic E-state index is 11.4. The smallest absolute Gasteiger partial charge is 0.155 e. The number of aldehydes is 1. The molecule has 0 amide bonds. The fraction of sp³-hybridized carbons (Fsp3) is 0.0588. The van der Waals surface area contributed by atoms with Crippen molar-refractivity contribution in [1.82, 2.24) is 9.78 Å². The predicted octanol–water partition coefficient (Wildman–Crippen LogP) is 4.31. The minimum Gasteiger partial charge on any atom is -0.298 e. The average molecular weight is 297 g/mol. The van der Waals surface area contributed by atoms with Crippen molar-refractivity contribution in [2.45, 2.75) is 6.92 Å². The van der Waals surface area contributed by atoms with Crippen LogP contribution in [0.5, 0.6) is 0 Å². The molecule has 0 fully saturated rings. The van der Waals surface area contributed by atoms with Gasteiger partial charge in [0.1, 0.15) is 10.8 Å². The van der Waals surface area contributed by atoms with E-state index in [1.807, 2.05) is 61.5 Å². The molecule has 0 saturated carbocycles. The number of hydrogen-bond acceptors (Lipinski definition) is 2. The zero-order chi connectivity index (χ0) is 14.8. The third kappa shape index (κ3) is 2.36. The lowest BCUT2D eigenvalue weighted by molar-refractivity contribution is 0.112. The van der Waals surface area contributed by atoms with E-state index >= 15 is 0 Å². The van der Waals surface area contributed by atoms with Crippen LogP contribution in [-0.4, -0.2) is 16.1 Å². The van der Waals surface area contributed by atoms with Gasteiger partial charge in [0.25, 0.3) is 0 Å². The topological polar surface area (TPSA) is 34.9 Å². The summed E-state index contributed by atoms with van der Waals surface area (Å²) in [6.07, 6.45) is 0.760. The molecule has 1 heterocycles. The van der Waals surface area contributed by atoms with E-state index in [1.54, 1.807) is 4.68 Å². The summed E-state index contributed by atoms with van der Waals surface area (Å²) in [6, 6.07) is 17.3. The van der Waals surface area contributed by atoms with Crippen molar-refractivity contribution in [2.24, 2.45) is 0 Å². The first-order valence-corrected chi connectivity index (χ1v) is 6.95. The summed E-state index contributed by atoms with van der Waals surface area (Å²) in [6.45, 7) is 1.99. The summed E-state index contributed by atoms with van der Waals surface area (Å²) in [5, 5.41) is 4.86. The molecule has 0 radical (unpaired) electrons. The minimum absolute atomic E-state index is 0.328. The van der Waals surface area contributed by atoms with Crippen molar-refractivity contribution in [1.29, 1.82) is 0 Å². The molecule has 3 nitrogen and oxygen atoms in total. The van der Waals surface area contributed by atoms with Gasteiger partial charge in [-0.3, -0.25) is 4.79 Å². The van der Waals surface area contributed by atoms with Crippen LogP contribution in [0.2, 0.25) is 5.15 Å². The number of nitrogens with zero attached hydrogens (tertiary/aromatic N) is 2. The second-order valence-corrected chi connectivity index (χ2v) is 5.09. The summed E-state index contributed by atoms with van der Waals surface area (Å²) >= 11 is 6.34. The Bertz CT molecular complexity index is 794. The minimum atomic E-state index is 0.328. The molecule has 0 aliphatic carbocycles. The number of rotatable bonds is 3. The van der Waals surface area contributed by atoms with Gasteiger partial charge >= 0.3 is 0 Å². The van der Waals surface area contributed by atoms with Gasteiger partial charge < -0.3 is 0 Å². The number of hydrogen-bond donors (Lipinski definition) is 0. The zero-order valence-electron chi connectivity index (χ0n) is 11.5. The van der Waals surface area contributed by atoms with Gasteiger partial charge in [-0.05, 0) is 24.6 Å². The molecule has 4 heteroatoms. The van der Waals surface area contributed by atoms with Gasteiger partial charge in [0.05, 0.1) is 11.3 Å². The highest BCUT2D eigenvalue weighted by molar-refractivity contribution is 6.32. The second kappa shape index (κ2) is 5.54. The van der Waals surface area contributed by atoms with Crippen molar-refractivity contribution in [2.75, 3.05) is 0 Å². The Labute approximate surface area is 127 Å². The van der Waals surface area contributed by atoms with Crippen LogP contribution in [0.25, 0.3) is 16.9 Å². The molecule has 21 heavy (non-hydrogen) atoms. The number of carbonyl (C=O) groups is 1. The molecule has 0 saturated heterocycles. The first-order chi connectivity index (χ1) is 10.2. The lowest BCUT2D eigenvalue weighted by Crippen LogP contribution is -1.96. The maximum absolute atomic E-state index is 11.4. The lowest BCUT2D eigenvalue weighted by Gasteiger charge is -2.03. The van der Waals surface area contributed by atoms with Crippen LogP contribution >= 0.6 is 11.6 Å². The molecule has 104 valence electrons. The summed E-state index contributed by atoms with van der Waals surface area (Å²) in [5.41, 5.74) is 3.81. The Morgan fingerprint density at radius 1 is 1.05 bits per heavy atom. The third-order valence-corrected chi connectivity index (χ3v) is 3.75. The second-order valence-electron chi connectivity index (χ2n) is 4.73. The normalized spacial score (nSPS) is 10.6. The number of benzene rings is 2. The Balaban J connectivity index is 2.24. The third-order valence-electron chi connectivity index (χ3n) is 3.38. The van der Waals surface area contributed by atoms with Gasteiger partial charge in [0.15, 0.2) is 6.29 Å². The summed E-state index contributed by atoms with van der Waals surface area (Å²) in [5.74, 6) is 0. The Hall–Kier alpha value is -2.39. The molecule has 0 aliphatic rings. The van der Waals surface area contributed by atoms with Crippen molar-refractivity contribution >= 4 is 17.9 Å². The van der Waals surface area contributed by atoms with E-state index in [1.165, 1.54) is 0 Å². The van der Waals surface area contributed by atoms with Crippen LogP contribution in [0.3, 0.4) is 0 Å². The molecular formula is C17H13ClN2O. The molecule has 0 aliphatic heterocycles. The van der Waals surface area contributed by atoms with Crippen molar-refractivity contribution in [3.63, 3.8) is 0 Å². The first kappa shape index (κ1) is 13.6. The van der Waals surface area contributed by atoms with Crippen molar-refractivity contribution in [3.8, 4) is 16.9 Å². The highest BCUT2D eigenvalue weighted by Crippen LogP contribution is 2.31. The van der Waals surface area contributed by atoms with Gasteiger partial charge in [-0.25, -0.2) is 4.68 Å². The average Bonchev–Trinajstić information content (AvgIpc) is 2.85. The summed E-state index contributed by atoms with van der Waals surface area (Å²) in [4.78, 5) is 11.4. The number of halogens is 1. The maximum Gasteiger partial charge on any atom is 0.155 e. The van der Waals surface area contributed by atoms with E-state index in [9.17, 15) is 4.79 Å². The van der Waals surface area contributed by atoms with Gasteiger partial charge in [0, 0.05) is 5.56 Å². The summed E-state index contributed by atoms with van der Waals surface area (Å²) in [7, 11) is 0. The number of aromatic nitrogens is 2. The zero-order valence-corrected chi connectivity index (χ0v) is 12.2. The van der Waals surface area contributed by atoms with E-state index in [0.717, 1.165) is 23.1 Å². The Kier molecular flexibility index (Phi) is 3.59. The SMILES string of the molecule is Cc1ccccc1-c1nn(-c2ccccc2)c(Cl)c1C=O. The molecule has 0 atom stereocenters. The lowest BCUT2D eigenvalue weighted by atomic mass is 10.0. The Morgan fingerprint density at radius 2 is 1.71 bits per heavy atom. The van der Waals surface area contributed by atoms with Crippen molar-refractivity contribution in [3.05, 3.63) is 70.9 Å². The van der Waals surface area contributed by atoms with Crippen LogP contribution < -0.4 is 0 Å². The predicted molar refractivity (Wildman–Crippen MR) is 84.1 cm³/mol. The standard InChI is InChI=1S/C17H13ClN2O/c1-12-7-5-6-10-14(12)16-15(11-21)17(18)20(19-16)13-8-3-2-4-9-13/h2-11H,1H3. The van der Waals surface area contributed by atoms with Gasteiger partial charge in [-0.1, -0.05) is 54.1 Å². The van der Waals surface area contributed by atoms with Crippen LogP contribution in [0.4, 0.5) is 0 Å². The number of carbonyl (C=O) groups excluding carboxylic acids is 1. The molecule has 0 N–H and O–H groups in total. The fourth-order valence-electron chi connectivity index (χ4n) is 2.29. The largest absolute Gasteiger partial charge is 0.298 e. The van der Waals surface area contributed by atoms with E-state index < -0.39 is 0 Å². The van der Waals surface area contributed by atoms with Gasteiger partial charge in [-0.2, -0.15) is 5.10 Å². The van der Waals surface area contributed by atoms with E-state index in [4.69, 9.17) is 11.6 Å². The van der Waals surface area contributed by atoms with E-state index in [2.05, 4.69) is 5.10 Å². The van der Waals surface area contributed by atoms with Gasteiger partial charge in [0.2, 0.25) is 0 Å². The molecular weight excluding hydrogens is 284 g/mol. The van der Waals surface area contributed by atoms with E-state index in [0.29, 0.717) is 16.4 Å². The first-order valence-electron chi connectivity index (χ1n) is 6.57. The Morgan fingerprint density at radius 3 is 2.38 bits per heavy atom. The van der Waals surface area contributed by atoms with Crippen LogP contribution in [0.1, 0.15) is 15.9 Å². The van der Waals surface area contributed by atoms with Crippen LogP contribution in [0, 0.1) is 6.92 Å². The molecule has 3 rings (SSSR count). The monoisotopic (exact) mass is 296 g/mol.